The molecule has 4 nitrogen and oxygen atoms in total. The zero-order valence-corrected chi connectivity index (χ0v) is 12.5. The van der Waals surface area contributed by atoms with Gasteiger partial charge in [0.05, 0.1) is 0 Å². The van der Waals surface area contributed by atoms with Crippen LogP contribution in [0.2, 0.25) is 0 Å². The maximum Gasteiger partial charge on any atom is 0.135 e. The molecule has 0 spiro atoms. The summed E-state index contributed by atoms with van der Waals surface area (Å²) < 4.78 is 0.918. The predicted octanol–water partition coefficient (Wildman–Crippen LogP) is 2.26. The lowest BCUT2D eigenvalue weighted by Crippen LogP contribution is -2.50. The number of anilines is 1. The van der Waals surface area contributed by atoms with Crippen molar-refractivity contribution < 1.29 is 0 Å². The number of piperazine rings is 1. The molecular weight excluding hydrogens is 292 g/mol. The summed E-state index contributed by atoms with van der Waals surface area (Å²) in [6.07, 6.45) is 2.49. The second-order valence-corrected chi connectivity index (χ2v) is 6.27. The summed E-state index contributed by atoms with van der Waals surface area (Å²) in [6, 6.07) is 2.63. The van der Waals surface area contributed by atoms with Gasteiger partial charge in [-0.2, -0.15) is 0 Å². The molecule has 0 amide bonds. The highest BCUT2D eigenvalue weighted by Crippen LogP contribution is 2.39. The molecule has 2 fully saturated rings. The van der Waals surface area contributed by atoms with Gasteiger partial charge < -0.3 is 9.80 Å². The first-order valence-corrected chi connectivity index (χ1v) is 7.42. The standard InChI is InChI=1S/C13H19BrN4/c1-9-8-18(6-5-17(9)2)12-7-11(14)15-13(16-12)10-3-4-10/h7,9-10H,3-6,8H2,1-2H3. The number of aromatic nitrogens is 2. The van der Waals surface area contributed by atoms with Gasteiger partial charge >= 0.3 is 0 Å². The van der Waals surface area contributed by atoms with E-state index >= 15 is 0 Å². The van der Waals surface area contributed by atoms with E-state index in [1.807, 2.05) is 6.07 Å². The molecule has 18 heavy (non-hydrogen) atoms. The van der Waals surface area contributed by atoms with Crippen LogP contribution in [0.5, 0.6) is 0 Å². The van der Waals surface area contributed by atoms with Crippen molar-refractivity contribution in [2.75, 3.05) is 31.6 Å². The summed E-state index contributed by atoms with van der Waals surface area (Å²) >= 11 is 3.51. The van der Waals surface area contributed by atoms with Crippen molar-refractivity contribution in [3.8, 4) is 0 Å². The number of rotatable bonds is 2. The topological polar surface area (TPSA) is 32.3 Å². The Hall–Kier alpha value is -0.680. The van der Waals surface area contributed by atoms with Crippen molar-refractivity contribution in [2.45, 2.75) is 31.7 Å². The molecule has 0 N–H and O–H groups in total. The second-order valence-electron chi connectivity index (χ2n) is 5.46. The molecule has 1 unspecified atom stereocenters. The Kier molecular flexibility index (Phi) is 3.28. The third-order valence-corrected chi connectivity index (χ3v) is 4.33. The maximum absolute atomic E-state index is 4.75. The summed E-state index contributed by atoms with van der Waals surface area (Å²) in [7, 11) is 2.19. The van der Waals surface area contributed by atoms with Crippen LogP contribution in [-0.4, -0.2) is 47.6 Å². The van der Waals surface area contributed by atoms with Gasteiger partial charge in [-0.05, 0) is 42.7 Å². The average Bonchev–Trinajstić information content (AvgIpc) is 3.16. The SMILES string of the molecule is CC1CN(c2cc(Br)nc(C3CC3)n2)CCN1C. The van der Waals surface area contributed by atoms with E-state index < -0.39 is 0 Å². The molecule has 1 aromatic rings. The van der Waals surface area contributed by atoms with Crippen LogP contribution in [0.3, 0.4) is 0 Å². The zero-order valence-electron chi connectivity index (χ0n) is 10.9. The zero-order chi connectivity index (χ0) is 12.7. The van der Waals surface area contributed by atoms with Crippen LogP contribution in [0.4, 0.5) is 5.82 Å². The van der Waals surface area contributed by atoms with Gasteiger partial charge in [-0.1, -0.05) is 0 Å². The van der Waals surface area contributed by atoms with E-state index in [-0.39, 0.29) is 0 Å². The van der Waals surface area contributed by atoms with Gasteiger partial charge in [0.25, 0.3) is 0 Å². The third kappa shape index (κ3) is 2.52. The van der Waals surface area contributed by atoms with E-state index in [2.05, 4.69) is 44.7 Å². The van der Waals surface area contributed by atoms with Gasteiger partial charge in [0.2, 0.25) is 0 Å². The largest absolute Gasteiger partial charge is 0.354 e. The molecule has 0 aromatic carbocycles. The monoisotopic (exact) mass is 310 g/mol. The van der Waals surface area contributed by atoms with Crippen LogP contribution in [0.25, 0.3) is 0 Å². The Morgan fingerprint density at radius 3 is 2.72 bits per heavy atom. The maximum atomic E-state index is 4.75. The van der Waals surface area contributed by atoms with Gasteiger partial charge in [0.15, 0.2) is 0 Å². The van der Waals surface area contributed by atoms with Crippen molar-refractivity contribution in [2.24, 2.45) is 0 Å². The Morgan fingerprint density at radius 1 is 1.28 bits per heavy atom. The fourth-order valence-corrected chi connectivity index (χ4v) is 2.75. The van der Waals surface area contributed by atoms with E-state index in [0.717, 1.165) is 35.9 Å². The number of halogens is 1. The van der Waals surface area contributed by atoms with Gasteiger partial charge in [-0.3, -0.25) is 0 Å². The first-order chi connectivity index (χ1) is 8.63. The number of hydrogen-bond donors (Lipinski definition) is 0. The van der Waals surface area contributed by atoms with Crippen molar-refractivity contribution >= 4 is 21.7 Å². The van der Waals surface area contributed by atoms with E-state index in [0.29, 0.717) is 12.0 Å². The molecular formula is C13H19BrN4. The Morgan fingerprint density at radius 2 is 2.06 bits per heavy atom. The lowest BCUT2D eigenvalue weighted by atomic mass is 10.2. The van der Waals surface area contributed by atoms with Crippen LogP contribution >= 0.6 is 15.9 Å². The average molecular weight is 311 g/mol. The fourth-order valence-electron chi connectivity index (χ4n) is 2.37. The summed E-state index contributed by atoms with van der Waals surface area (Å²) in [5, 5.41) is 0. The van der Waals surface area contributed by atoms with E-state index in [4.69, 9.17) is 4.98 Å². The quantitative estimate of drug-likeness (QED) is 0.784. The molecule has 1 aliphatic heterocycles. The predicted molar refractivity (Wildman–Crippen MR) is 76.0 cm³/mol. The minimum absolute atomic E-state index is 0.580. The van der Waals surface area contributed by atoms with Crippen molar-refractivity contribution in [1.29, 1.82) is 0 Å². The Balaban J connectivity index is 1.82. The first-order valence-electron chi connectivity index (χ1n) is 6.63. The van der Waals surface area contributed by atoms with Crippen LogP contribution < -0.4 is 4.90 Å². The number of hydrogen-bond acceptors (Lipinski definition) is 4. The summed E-state index contributed by atoms with van der Waals surface area (Å²) in [6.45, 7) is 5.46. The molecule has 1 saturated heterocycles. The molecule has 98 valence electrons. The number of likely N-dealkylation sites (N-methyl/N-ethyl adjacent to an activating group) is 1. The summed E-state index contributed by atoms with van der Waals surface area (Å²) in [5.41, 5.74) is 0. The molecule has 0 radical (unpaired) electrons. The molecule has 1 atom stereocenters. The fraction of sp³-hybridized carbons (Fsp3) is 0.692. The molecule has 1 aromatic heterocycles. The van der Waals surface area contributed by atoms with Gasteiger partial charge in [-0.15, -0.1) is 0 Å². The van der Waals surface area contributed by atoms with Gasteiger partial charge in [-0.25, -0.2) is 9.97 Å². The normalized spacial score (nSPS) is 25.5. The highest BCUT2D eigenvalue weighted by molar-refractivity contribution is 9.10. The van der Waals surface area contributed by atoms with E-state index in [9.17, 15) is 0 Å². The minimum atomic E-state index is 0.580. The van der Waals surface area contributed by atoms with E-state index in [1.54, 1.807) is 0 Å². The lowest BCUT2D eigenvalue weighted by Gasteiger charge is -2.38. The highest BCUT2D eigenvalue weighted by atomic mass is 79.9. The van der Waals surface area contributed by atoms with Crippen LogP contribution in [0.1, 0.15) is 31.5 Å². The molecule has 2 aliphatic rings. The Bertz CT molecular complexity index is 447. The van der Waals surface area contributed by atoms with E-state index in [1.165, 1.54) is 12.8 Å². The molecule has 0 bridgehead atoms. The minimum Gasteiger partial charge on any atom is -0.354 e. The van der Waals surface area contributed by atoms with Gasteiger partial charge in [0.1, 0.15) is 16.2 Å². The second kappa shape index (κ2) is 4.78. The molecule has 1 saturated carbocycles. The molecule has 5 heteroatoms. The van der Waals surface area contributed by atoms with Crippen molar-refractivity contribution in [1.82, 2.24) is 14.9 Å². The summed E-state index contributed by atoms with van der Waals surface area (Å²) in [4.78, 5) is 14.0. The van der Waals surface area contributed by atoms with Gasteiger partial charge in [0, 0.05) is 37.7 Å². The molecule has 1 aliphatic carbocycles. The first kappa shape index (κ1) is 12.4. The Labute approximate surface area is 117 Å². The number of nitrogens with zero attached hydrogens (tertiary/aromatic N) is 4. The van der Waals surface area contributed by atoms with Crippen molar-refractivity contribution in [3.05, 3.63) is 16.5 Å². The lowest BCUT2D eigenvalue weighted by molar-refractivity contribution is 0.233. The highest BCUT2D eigenvalue weighted by Gasteiger charge is 2.28. The molecule has 3 rings (SSSR count). The van der Waals surface area contributed by atoms with Crippen LogP contribution in [0.15, 0.2) is 10.7 Å². The third-order valence-electron chi connectivity index (χ3n) is 3.92. The van der Waals surface area contributed by atoms with Crippen molar-refractivity contribution in [3.63, 3.8) is 0 Å². The smallest absolute Gasteiger partial charge is 0.135 e. The van der Waals surface area contributed by atoms with Crippen LogP contribution in [0, 0.1) is 0 Å². The summed E-state index contributed by atoms with van der Waals surface area (Å²) in [5.74, 6) is 2.70. The molecule has 2 heterocycles. The van der Waals surface area contributed by atoms with Crippen LogP contribution in [-0.2, 0) is 0 Å².